The van der Waals surface area contributed by atoms with Crippen LogP contribution >= 0.6 is 0 Å². The minimum atomic E-state index is 0.118. The number of aliphatic imine (C=N–C) groups is 1. The van der Waals surface area contributed by atoms with Crippen LogP contribution in [0.2, 0.25) is 0 Å². The number of guanidine groups is 1. The summed E-state index contributed by atoms with van der Waals surface area (Å²) in [7, 11) is 0. The number of rotatable bonds is 11. The molecule has 0 atom stereocenters. The Kier molecular flexibility index (Phi) is 10.6. The van der Waals surface area contributed by atoms with Gasteiger partial charge in [-0.1, -0.05) is 6.07 Å². The number of benzene rings is 1. The van der Waals surface area contributed by atoms with Crippen molar-refractivity contribution in [1.29, 1.82) is 0 Å². The Morgan fingerprint density at radius 1 is 0.963 bits per heavy atom. The summed E-state index contributed by atoms with van der Waals surface area (Å²) in [5.41, 5.74) is 1.33. The molecule has 0 aliphatic rings. The summed E-state index contributed by atoms with van der Waals surface area (Å²) in [6, 6.07) is 6.14. The van der Waals surface area contributed by atoms with Crippen LogP contribution in [0.15, 0.2) is 23.2 Å². The number of ether oxygens (including phenoxy) is 2. The predicted octanol–water partition coefficient (Wildman–Crippen LogP) is 2.97. The Morgan fingerprint density at radius 2 is 1.67 bits per heavy atom. The molecular weight excluding hydrogens is 340 g/mol. The Bertz CT molecular complexity index is 568. The number of hydrogen-bond donors (Lipinski definition) is 3. The summed E-state index contributed by atoms with van der Waals surface area (Å²) in [6.07, 6.45) is 0.886. The summed E-state index contributed by atoms with van der Waals surface area (Å²) < 4.78 is 11.3. The van der Waals surface area contributed by atoms with Gasteiger partial charge in [-0.2, -0.15) is 0 Å². The van der Waals surface area contributed by atoms with Crippen LogP contribution in [0.1, 0.15) is 47.1 Å². The number of nitrogens with zero attached hydrogens (tertiary/aromatic N) is 1. The van der Waals surface area contributed by atoms with Gasteiger partial charge in [-0.25, -0.2) is 0 Å². The molecule has 0 bridgehead atoms. The van der Waals surface area contributed by atoms with Crippen molar-refractivity contribution >= 4 is 5.96 Å². The maximum absolute atomic E-state index is 5.70. The fraction of sp³-hybridized carbons (Fsp3) is 0.667. The highest BCUT2D eigenvalue weighted by Gasteiger charge is 2.08. The van der Waals surface area contributed by atoms with E-state index in [1.54, 1.807) is 0 Å². The van der Waals surface area contributed by atoms with E-state index in [0.717, 1.165) is 50.1 Å². The maximum atomic E-state index is 5.70. The summed E-state index contributed by atoms with van der Waals surface area (Å²) >= 11 is 0. The molecule has 0 saturated heterocycles. The van der Waals surface area contributed by atoms with Crippen LogP contribution in [-0.2, 0) is 6.42 Å². The van der Waals surface area contributed by atoms with Gasteiger partial charge < -0.3 is 25.4 Å². The monoisotopic (exact) mass is 378 g/mol. The molecule has 0 fully saturated rings. The fourth-order valence-electron chi connectivity index (χ4n) is 2.52. The van der Waals surface area contributed by atoms with Gasteiger partial charge in [-0.3, -0.25) is 4.99 Å². The molecule has 0 saturated carbocycles. The summed E-state index contributed by atoms with van der Waals surface area (Å²) in [6.45, 7) is 17.0. The molecule has 1 rings (SSSR count). The van der Waals surface area contributed by atoms with Gasteiger partial charge in [0.05, 0.1) is 19.8 Å². The maximum Gasteiger partial charge on any atom is 0.191 e. The van der Waals surface area contributed by atoms with Gasteiger partial charge in [0.2, 0.25) is 0 Å². The van der Waals surface area contributed by atoms with Crippen molar-refractivity contribution in [3.05, 3.63) is 23.8 Å². The molecule has 0 aliphatic carbocycles. The van der Waals surface area contributed by atoms with Gasteiger partial charge in [0.25, 0.3) is 0 Å². The highest BCUT2D eigenvalue weighted by Crippen LogP contribution is 2.28. The summed E-state index contributed by atoms with van der Waals surface area (Å²) in [5, 5.41) is 10.1. The van der Waals surface area contributed by atoms with E-state index in [4.69, 9.17) is 9.47 Å². The van der Waals surface area contributed by atoms with Crippen LogP contribution in [0.5, 0.6) is 11.5 Å². The van der Waals surface area contributed by atoms with Crippen molar-refractivity contribution < 1.29 is 9.47 Å². The van der Waals surface area contributed by atoms with E-state index in [9.17, 15) is 0 Å². The standard InChI is InChI=1S/C21H38N4O2/c1-7-22-20(24-14-15-25-21(4,5)6)23-13-12-17-10-11-18(26-8-2)19(16-17)27-9-3/h10-11,16,25H,7-9,12-15H2,1-6H3,(H2,22,23,24). The molecule has 154 valence electrons. The van der Waals surface area contributed by atoms with Crippen molar-refractivity contribution in [2.45, 2.75) is 53.5 Å². The molecule has 0 radical (unpaired) electrons. The van der Waals surface area contributed by atoms with E-state index in [1.165, 1.54) is 5.56 Å². The second-order valence-electron chi connectivity index (χ2n) is 7.26. The van der Waals surface area contributed by atoms with Gasteiger partial charge >= 0.3 is 0 Å². The number of nitrogens with one attached hydrogen (secondary N) is 3. The summed E-state index contributed by atoms with van der Waals surface area (Å²) in [5.74, 6) is 2.46. The van der Waals surface area contributed by atoms with Crippen molar-refractivity contribution in [2.75, 3.05) is 39.4 Å². The predicted molar refractivity (Wildman–Crippen MR) is 114 cm³/mol. The first-order valence-corrected chi connectivity index (χ1v) is 10.0. The third kappa shape index (κ3) is 10.1. The topological polar surface area (TPSA) is 66.9 Å². The molecule has 3 N–H and O–H groups in total. The Morgan fingerprint density at radius 3 is 2.30 bits per heavy atom. The first-order valence-electron chi connectivity index (χ1n) is 10.0. The average molecular weight is 379 g/mol. The average Bonchev–Trinajstić information content (AvgIpc) is 2.60. The highest BCUT2D eigenvalue weighted by atomic mass is 16.5. The second-order valence-corrected chi connectivity index (χ2v) is 7.26. The molecule has 1 aromatic carbocycles. The van der Waals surface area contributed by atoms with E-state index in [2.05, 4.69) is 60.8 Å². The zero-order chi connectivity index (χ0) is 20.1. The molecule has 0 aromatic heterocycles. The van der Waals surface area contributed by atoms with E-state index in [0.29, 0.717) is 13.2 Å². The SMILES string of the molecule is CCNC(=NCCNC(C)(C)C)NCCc1ccc(OCC)c(OCC)c1. The zero-order valence-corrected chi connectivity index (χ0v) is 17.9. The lowest BCUT2D eigenvalue weighted by Gasteiger charge is -2.20. The molecular formula is C21H38N4O2. The first-order chi connectivity index (χ1) is 12.9. The van der Waals surface area contributed by atoms with E-state index < -0.39 is 0 Å². The molecule has 0 amide bonds. The smallest absolute Gasteiger partial charge is 0.191 e. The first kappa shape index (κ1) is 23.1. The van der Waals surface area contributed by atoms with Gasteiger partial charge in [0.1, 0.15) is 0 Å². The molecule has 0 unspecified atom stereocenters. The molecule has 6 nitrogen and oxygen atoms in total. The molecule has 0 aliphatic heterocycles. The quantitative estimate of drug-likeness (QED) is 0.314. The molecule has 0 spiro atoms. The van der Waals surface area contributed by atoms with Crippen molar-refractivity contribution in [3.63, 3.8) is 0 Å². The number of hydrogen-bond acceptors (Lipinski definition) is 4. The van der Waals surface area contributed by atoms with Crippen LogP contribution in [-0.4, -0.2) is 50.9 Å². The van der Waals surface area contributed by atoms with Crippen LogP contribution in [0, 0.1) is 0 Å². The normalized spacial score (nSPS) is 12.0. The van der Waals surface area contributed by atoms with Crippen LogP contribution in [0.25, 0.3) is 0 Å². The summed E-state index contributed by atoms with van der Waals surface area (Å²) in [4.78, 5) is 4.62. The van der Waals surface area contributed by atoms with Crippen molar-refractivity contribution in [1.82, 2.24) is 16.0 Å². The fourth-order valence-corrected chi connectivity index (χ4v) is 2.52. The molecule has 27 heavy (non-hydrogen) atoms. The van der Waals surface area contributed by atoms with Gasteiger partial charge in [-0.05, 0) is 65.7 Å². The Balaban J connectivity index is 2.55. The highest BCUT2D eigenvalue weighted by molar-refractivity contribution is 5.79. The lowest BCUT2D eigenvalue weighted by atomic mass is 10.1. The lowest BCUT2D eigenvalue weighted by Crippen LogP contribution is -2.40. The van der Waals surface area contributed by atoms with E-state index in [-0.39, 0.29) is 5.54 Å². The van der Waals surface area contributed by atoms with Crippen molar-refractivity contribution in [2.24, 2.45) is 4.99 Å². The zero-order valence-electron chi connectivity index (χ0n) is 17.9. The van der Waals surface area contributed by atoms with Crippen LogP contribution < -0.4 is 25.4 Å². The Labute approximate surface area is 165 Å². The molecule has 1 aromatic rings. The van der Waals surface area contributed by atoms with Gasteiger partial charge in [0.15, 0.2) is 17.5 Å². The van der Waals surface area contributed by atoms with E-state index >= 15 is 0 Å². The Hall–Kier alpha value is -1.95. The molecule has 6 heteroatoms. The molecule has 0 heterocycles. The van der Waals surface area contributed by atoms with Crippen molar-refractivity contribution in [3.8, 4) is 11.5 Å². The van der Waals surface area contributed by atoms with E-state index in [1.807, 2.05) is 19.9 Å². The van der Waals surface area contributed by atoms with Gasteiger partial charge in [0, 0.05) is 25.2 Å². The van der Waals surface area contributed by atoms with Crippen LogP contribution in [0.4, 0.5) is 0 Å². The second kappa shape index (κ2) is 12.4. The minimum absolute atomic E-state index is 0.118. The van der Waals surface area contributed by atoms with Crippen LogP contribution in [0.3, 0.4) is 0 Å². The minimum Gasteiger partial charge on any atom is -0.490 e. The third-order valence-electron chi connectivity index (χ3n) is 3.70. The largest absolute Gasteiger partial charge is 0.490 e. The lowest BCUT2D eigenvalue weighted by molar-refractivity contribution is 0.287. The van der Waals surface area contributed by atoms with Gasteiger partial charge in [-0.15, -0.1) is 0 Å². The third-order valence-corrected chi connectivity index (χ3v) is 3.70.